The Morgan fingerprint density at radius 2 is 1.86 bits per heavy atom. The fraction of sp³-hybridized carbons (Fsp3) is 0.143. The summed E-state index contributed by atoms with van der Waals surface area (Å²) in [5.74, 6) is 0.491. The van der Waals surface area contributed by atoms with Crippen LogP contribution in [-0.4, -0.2) is 26.7 Å². The molecule has 0 aromatic heterocycles. The largest absolute Gasteiger partial charge is 0.491 e. The Labute approximate surface area is 128 Å². The van der Waals surface area contributed by atoms with Crippen molar-refractivity contribution in [3.05, 3.63) is 53.6 Å². The van der Waals surface area contributed by atoms with E-state index in [4.69, 9.17) is 21.4 Å². The van der Waals surface area contributed by atoms with Gasteiger partial charge in [-0.2, -0.15) is 0 Å². The molecule has 0 unspecified atom stereocenters. The first-order chi connectivity index (χ1) is 10.0. The van der Waals surface area contributed by atoms with Crippen molar-refractivity contribution in [2.75, 3.05) is 17.9 Å². The monoisotopic (exact) mass is 327 g/mol. The predicted molar refractivity (Wildman–Crippen MR) is 81.3 cm³/mol. The summed E-state index contributed by atoms with van der Waals surface area (Å²) in [5, 5.41) is 9.10. The minimum Gasteiger partial charge on any atom is -0.491 e. The molecule has 0 fully saturated rings. The Kier molecular flexibility index (Phi) is 5.06. The quantitative estimate of drug-likeness (QED) is 0.854. The third-order valence-corrected chi connectivity index (χ3v) is 4.20. The van der Waals surface area contributed by atoms with Crippen molar-refractivity contribution in [1.82, 2.24) is 0 Å². The topological polar surface area (TPSA) is 75.6 Å². The van der Waals surface area contributed by atoms with Crippen LogP contribution in [0.2, 0.25) is 5.02 Å². The van der Waals surface area contributed by atoms with Gasteiger partial charge in [0.15, 0.2) is 0 Å². The lowest BCUT2D eigenvalue weighted by Gasteiger charge is -2.09. The van der Waals surface area contributed by atoms with Crippen molar-refractivity contribution in [1.29, 1.82) is 0 Å². The Morgan fingerprint density at radius 1 is 1.14 bits per heavy atom. The molecule has 2 aromatic rings. The zero-order valence-electron chi connectivity index (χ0n) is 11.0. The summed E-state index contributed by atoms with van der Waals surface area (Å²) in [5.41, 5.74) is 0.392. The number of nitrogens with one attached hydrogen (secondary N) is 1. The molecule has 2 aromatic carbocycles. The van der Waals surface area contributed by atoms with E-state index < -0.39 is 10.0 Å². The Bertz CT molecular complexity index is 701. The fourth-order valence-corrected chi connectivity index (χ4v) is 2.88. The molecule has 0 spiro atoms. The number of hydrogen-bond acceptors (Lipinski definition) is 4. The van der Waals surface area contributed by atoms with Crippen molar-refractivity contribution in [2.24, 2.45) is 0 Å². The van der Waals surface area contributed by atoms with Gasteiger partial charge in [0.05, 0.1) is 17.2 Å². The predicted octanol–water partition coefficient (Wildman–Crippen LogP) is 2.51. The number of anilines is 1. The lowest BCUT2D eigenvalue weighted by molar-refractivity contribution is 0.201. The minimum absolute atomic E-state index is 0.101. The maximum Gasteiger partial charge on any atom is 0.261 e. The Hall–Kier alpha value is -1.76. The molecule has 0 saturated carbocycles. The highest BCUT2D eigenvalue weighted by Gasteiger charge is 2.14. The summed E-state index contributed by atoms with van der Waals surface area (Å²) in [7, 11) is -3.68. The number of aliphatic hydroxyl groups is 1. The van der Waals surface area contributed by atoms with Gasteiger partial charge in [-0.25, -0.2) is 8.42 Å². The molecule has 0 amide bonds. The summed E-state index contributed by atoms with van der Waals surface area (Å²) in [6.07, 6.45) is 0. The standard InChI is InChI=1S/C14H14ClNO4S/c15-11-2-1-3-12(10-11)16-21(18,19)14-6-4-13(5-7-14)20-9-8-17/h1-7,10,16-17H,8-9H2. The van der Waals surface area contributed by atoms with Gasteiger partial charge in [-0.15, -0.1) is 0 Å². The first-order valence-electron chi connectivity index (χ1n) is 6.13. The van der Waals surface area contributed by atoms with E-state index >= 15 is 0 Å². The highest BCUT2D eigenvalue weighted by atomic mass is 35.5. The van der Waals surface area contributed by atoms with Gasteiger partial charge in [-0.1, -0.05) is 17.7 Å². The number of sulfonamides is 1. The second-order valence-corrected chi connectivity index (χ2v) is 6.28. The van der Waals surface area contributed by atoms with Crippen LogP contribution < -0.4 is 9.46 Å². The lowest BCUT2D eigenvalue weighted by atomic mass is 10.3. The zero-order valence-corrected chi connectivity index (χ0v) is 12.6. The summed E-state index contributed by atoms with van der Waals surface area (Å²) in [6, 6.07) is 12.4. The third-order valence-electron chi connectivity index (χ3n) is 2.57. The molecule has 0 aliphatic heterocycles. The number of benzene rings is 2. The van der Waals surface area contributed by atoms with Crippen molar-refractivity contribution in [2.45, 2.75) is 4.90 Å². The molecule has 5 nitrogen and oxygen atoms in total. The number of ether oxygens (including phenoxy) is 1. The number of hydrogen-bond donors (Lipinski definition) is 2. The molecule has 2 N–H and O–H groups in total. The molecular weight excluding hydrogens is 314 g/mol. The van der Waals surface area contributed by atoms with Crippen LogP contribution in [0.25, 0.3) is 0 Å². The SMILES string of the molecule is O=S(=O)(Nc1cccc(Cl)c1)c1ccc(OCCO)cc1. The summed E-state index contributed by atoms with van der Waals surface area (Å²) < 4.78 is 32.0. The normalized spacial score (nSPS) is 11.1. The van der Waals surface area contributed by atoms with Crippen LogP contribution in [0, 0.1) is 0 Å². The van der Waals surface area contributed by atoms with Gasteiger partial charge >= 0.3 is 0 Å². The van der Waals surface area contributed by atoms with Crippen molar-refractivity contribution in [3.63, 3.8) is 0 Å². The maximum absolute atomic E-state index is 12.2. The fourth-order valence-electron chi connectivity index (χ4n) is 1.64. The second kappa shape index (κ2) is 6.80. The average Bonchev–Trinajstić information content (AvgIpc) is 2.45. The zero-order chi connectivity index (χ0) is 15.3. The molecule has 21 heavy (non-hydrogen) atoms. The van der Waals surface area contributed by atoms with E-state index in [1.54, 1.807) is 18.2 Å². The molecule has 0 bridgehead atoms. The molecule has 0 heterocycles. The summed E-state index contributed by atoms with van der Waals surface area (Å²) >= 11 is 5.82. The van der Waals surface area contributed by atoms with Crippen LogP contribution >= 0.6 is 11.6 Å². The van der Waals surface area contributed by atoms with Crippen molar-refractivity contribution >= 4 is 27.3 Å². The number of halogens is 1. The van der Waals surface area contributed by atoms with Gasteiger partial charge in [-0.05, 0) is 42.5 Å². The van der Waals surface area contributed by atoms with Gasteiger partial charge in [-0.3, -0.25) is 4.72 Å². The highest BCUT2D eigenvalue weighted by molar-refractivity contribution is 7.92. The van der Waals surface area contributed by atoms with E-state index in [1.165, 1.54) is 30.3 Å². The van der Waals surface area contributed by atoms with E-state index in [0.717, 1.165) is 0 Å². The van der Waals surface area contributed by atoms with E-state index in [1.807, 2.05) is 0 Å². The second-order valence-electron chi connectivity index (χ2n) is 4.16. The first kappa shape index (κ1) is 15.6. The van der Waals surface area contributed by atoms with Gasteiger partial charge < -0.3 is 9.84 Å². The molecule has 0 aliphatic rings. The van der Waals surface area contributed by atoms with Crippen LogP contribution in [0.1, 0.15) is 0 Å². The van der Waals surface area contributed by atoms with Gasteiger partial charge in [0.25, 0.3) is 10.0 Å². The summed E-state index contributed by atoms with van der Waals surface area (Å²) in [6.45, 7) is 0.0588. The van der Waals surface area contributed by atoms with Crippen molar-refractivity contribution in [3.8, 4) is 5.75 Å². The molecule has 112 valence electrons. The average molecular weight is 328 g/mol. The van der Waals surface area contributed by atoms with Gasteiger partial charge in [0.2, 0.25) is 0 Å². The van der Waals surface area contributed by atoms with Crippen LogP contribution in [0.3, 0.4) is 0 Å². The molecular formula is C14H14ClNO4S. The van der Waals surface area contributed by atoms with E-state index in [0.29, 0.717) is 16.5 Å². The van der Waals surface area contributed by atoms with E-state index in [-0.39, 0.29) is 18.1 Å². The molecule has 0 saturated heterocycles. The highest BCUT2D eigenvalue weighted by Crippen LogP contribution is 2.21. The molecule has 0 atom stereocenters. The molecule has 7 heteroatoms. The van der Waals surface area contributed by atoms with Crippen LogP contribution in [0.5, 0.6) is 5.75 Å². The maximum atomic E-state index is 12.2. The van der Waals surface area contributed by atoms with E-state index in [2.05, 4.69) is 4.72 Å². The van der Waals surface area contributed by atoms with Gasteiger partial charge in [0.1, 0.15) is 12.4 Å². The molecule has 2 rings (SSSR count). The lowest BCUT2D eigenvalue weighted by Crippen LogP contribution is -2.12. The number of aliphatic hydroxyl groups excluding tert-OH is 1. The summed E-state index contributed by atoms with van der Waals surface area (Å²) in [4.78, 5) is 0.110. The minimum atomic E-state index is -3.68. The van der Waals surface area contributed by atoms with Crippen molar-refractivity contribution < 1.29 is 18.3 Å². The van der Waals surface area contributed by atoms with Crippen LogP contribution in [0.15, 0.2) is 53.4 Å². The number of rotatable bonds is 6. The molecule has 0 aliphatic carbocycles. The molecule has 0 radical (unpaired) electrons. The smallest absolute Gasteiger partial charge is 0.261 e. The van der Waals surface area contributed by atoms with Gasteiger partial charge in [0, 0.05) is 5.02 Å². The first-order valence-corrected chi connectivity index (χ1v) is 7.99. The van der Waals surface area contributed by atoms with Crippen LogP contribution in [0.4, 0.5) is 5.69 Å². The third kappa shape index (κ3) is 4.35. The Balaban J connectivity index is 2.15. The van der Waals surface area contributed by atoms with Crippen LogP contribution in [-0.2, 0) is 10.0 Å². The van der Waals surface area contributed by atoms with E-state index in [9.17, 15) is 8.42 Å². The Morgan fingerprint density at radius 3 is 2.48 bits per heavy atom.